The minimum absolute atomic E-state index is 0.0612. The summed E-state index contributed by atoms with van der Waals surface area (Å²) >= 11 is 0. The molecule has 2 aromatic carbocycles. The first-order chi connectivity index (χ1) is 12.3. The van der Waals surface area contributed by atoms with Crippen molar-refractivity contribution >= 4 is 17.5 Å². The zero-order chi connectivity index (χ0) is 19.3. The maximum atomic E-state index is 12.4. The van der Waals surface area contributed by atoms with Crippen molar-refractivity contribution in [1.29, 1.82) is 0 Å². The Hall–Kier alpha value is -3.15. The number of nitro groups is 1. The van der Waals surface area contributed by atoms with Crippen molar-refractivity contribution in [3.63, 3.8) is 0 Å². The Morgan fingerprint density at radius 1 is 1.23 bits per heavy atom. The van der Waals surface area contributed by atoms with E-state index >= 15 is 0 Å². The highest BCUT2D eigenvalue weighted by atomic mass is 16.6. The monoisotopic (exact) mass is 355 g/mol. The number of para-hydroxylation sites is 1. The van der Waals surface area contributed by atoms with Gasteiger partial charge in [0.05, 0.1) is 18.1 Å². The molecule has 0 saturated carbocycles. The number of hydrogen-bond donors (Lipinski definition) is 0. The van der Waals surface area contributed by atoms with Crippen molar-refractivity contribution in [2.24, 2.45) is 0 Å². The Labute approximate surface area is 152 Å². The van der Waals surface area contributed by atoms with Gasteiger partial charge in [-0.1, -0.05) is 24.3 Å². The lowest BCUT2D eigenvalue weighted by atomic mass is 10.1. The van der Waals surface area contributed by atoms with Gasteiger partial charge in [0.15, 0.2) is 17.3 Å². The molecule has 0 amide bonds. The van der Waals surface area contributed by atoms with Crippen LogP contribution in [0.5, 0.6) is 11.5 Å². The Morgan fingerprint density at radius 3 is 2.58 bits per heavy atom. The number of nitro benzene ring substituents is 1. The van der Waals surface area contributed by atoms with E-state index in [1.807, 2.05) is 19.9 Å². The molecular weight excluding hydrogens is 334 g/mol. The van der Waals surface area contributed by atoms with Gasteiger partial charge in [0, 0.05) is 22.8 Å². The second-order valence-corrected chi connectivity index (χ2v) is 6.00. The second-order valence-electron chi connectivity index (χ2n) is 6.00. The van der Waals surface area contributed by atoms with Crippen molar-refractivity contribution in [1.82, 2.24) is 0 Å². The SMILES string of the molecule is COc1cccc(/C=C/C(=O)c2ccc(C)c([N+](=O)[O-])c2)c1OC(C)C. The fourth-order valence-electron chi connectivity index (χ4n) is 2.41. The summed E-state index contributed by atoms with van der Waals surface area (Å²) < 4.78 is 11.1. The number of allylic oxidation sites excluding steroid dienone is 1. The van der Waals surface area contributed by atoms with Crippen LogP contribution in [0.2, 0.25) is 0 Å². The van der Waals surface area contributed by atoms with Crippen LogP contribution in [0.15, 0.2) is 42.5 Å². The predicted molar refractivity (Wildman–Crippen MR) is 100.0 cm³/mol. The van der Waals surface area contributed by atoms with E-state index in [0.717, 1.165) is 0 Å². The Kier molecular flexibility index (Phi) is 6.11. The van der Waals surface area contributed by atoms with Crippen LogP contribution in [0.25, 0.3) is 6.08 Å². The molecule has 0 aliphatic carbocycles. The molecule has 0 bridgehead atoms. The fourth-order valence-corrected chi connectivity index (χ4v) is 2.41. The molecule has 0 N–H and O–H groups in total. The number of rotatable bonds is 7. The lowest BCUT2D eigenvalue weighted by molar-refractivity contribution is -0.385. The van der Waals surface area contributed by atoms with E-state index in [1.54, 1.807) is 44.4 Å². The molecule has 6 heteroatoms. The second kappa shape index (κ2) is 8.29. The van der Waals surface area contributed by atoms with E-state index in [1.165, 1.54) is 12.1 Å². The molecule has 0 fully saturated rings. The minimum atomic E-state index is -0.494. The van der Waals surface area contributed by atoms with Gasteiger partial charge in [-0.3, -0.25) is 14.9 Å². The number of nitrogens with zero attached hydrogens (tertiary/aromatic N) is 1. The minimum Gasteiger partial charge on any atom is -0.493 e. The van der Waals surface area contributed by atoms with Crippen LogP contribution in [0.4, 0.5) is 5.69 Å². The van der Waals surface area contributed by atoms with Crippen molar-refractivity contribution in [3.05, 3.63) is 69.3 Å². The summed E-state index contributed by atoms with van der Waals surface area (Å²) in [6.07, 6.45) is 2.93. The van der Waals surface area contributed by atoms with Crippen molar-refractivity contribution in [2.45, 2.75) is 26.9 Å². The standard InChI is InChI=1S/C20H21NO5/c1-13(2)26-20-15(6-5-7-19(20)25-4)10-11-18(22)16-9-8-14(3)17(12-16)21(23)24/h5-13H,1-4H3/b11-10+. The normalized spacial score (nSPS) is 11.0. The summed E-state index contributed by atoms with van der Waals surface area (Å²) in [6, 6.07) is 9.82. The first kappa shape index (κ1) is 19.2. The first-order valence-corrected chi connectivity index (χ1v) is 8.14. The summed E-state index contributed by atoms with van der Waals surface area (Å²) in [5.41, 5.74) is 1.38. The highest BCUT2D eigenvalue weighted by Gasteiger charge is 2.14. The topological polar surface area (TPSA) is 78.7 Å². The molecule has 26 heavy (non-hydrogen) atoms. The van der Waals surface area contributed by atoms with Gasteiger partial charge >= 0.3 is 0 Å². The number of aryl methyl sites for hydroxylation is 1. The fraction of sp³-hybridized carbons (Fsp3) is 0.250. The number of ketones is 1. The van der Waals surface area contributed by atoms with Gasteiger partial charge in [-0.25, -0.2) is 0 Å². The van der Waals surface area contributed by atoms with Crippen LogP contribution in [0.3, 0.4) is 0 Å². The van der Waals surface area contributed by atoms with Crippen LogP contribution in [-0.4, -0.2) is 23.9 Å². The summed E-state index contributed by atoms with van der Waals surface area (Å²) in [5.74, 6) is 0.787. The summed E-state index contributed by atoms with van der Waals surface area (Å²) in [7, 11) is 1.55. The Morgan fingerprint density at radius 2 is 1.96 bits per heavy atom. The van der Waals surface area contributed by atoms with Crippen molar-refractivity contribution in [3.8, 4) is 11.5 Å². The number of carbonyl (C=O) groups is 1. The summed E-state index contributed by atoms with van der Waals surface area (Å²) in [6.45, 7) is 5.43. The van der Waals surface area contributed by atoms with Gasteiger partial charge in [-0.05, 0) is 39.0 Å². The molecule has 0 unspecified atom stereocenters. The molecule has 0 saturated heterocycles. The van der Waals surface area contributed by atoms with Gasteiger partial charge in [0.2, 0.25) is 0 Å². The van der Waals surface area contributed by atoms with E-state index in [-0.39, 0.29) is 23.1 Å². The number of benzene rings is 2. The van der Waals surface area contributed by atoms with E-state index in [9.17, 15) is 14.9 Å². The molecule has 136 valence electrons. The van der Waals surface area contributed by atoms with Crippen molar-refractivity contribution in [2.75, 3.05) is 7.11 Å². The molecule has 0 heterocycles. The summed E-state index contributed by atoms with van der Waals surface area (Å²) in [5, 5.41) is 11.0. The number of ether oxygens (including phenoxy) is 2. The number of carbonyl (C=O) groups excluding carboxylic acids is 1. The van der Waals surface area contributed by atoms with E-state index in [2.05, 4.69) is 0 Å². The molecule has 2 aromatic rings. The Bertz CT molecular complexity index is 855. The smallest absolute Gasteiger partial charge is 0.273 e. The van der Waals surface area contributed by atoms with E-state index in [4.69, 9.17) is 9.47 Å². The largest absolute Gasteiger partial charge is 0.493 e. The number of hydrogen-bond acceptors (Lipinski definition) is 5. The van der Waals surface area contributed by atoms with Crippen molar-refractivity contribution < 1.29 is 19.2 Å². The highest BCUT2D eigenvalue weighted by molar-refractivity contribution is 6.07. The maximum absolute atomic E-state index is 12.4. The lowest BCUT2D eigenvalue weighted by Crippen LogP contribution is -2.08. The number of methoxy groups -OCH3 is 1. The average Bonchev–Trinajstić information content (AvgIpc) is 2.60. The molecule has 0 aromatic heterocycles. The van der Waals surface area contributed by atoms with Crippen LogP contribution in [0, 0.1) is 17.0 Å². The van der Waals surface area contributed by atoms with Gasteiger partial charge < -0.3 is 9.47 Å². The quantitative estimate of drug-likeness (QED) is 0.314. The van der Waals surface area contributed by atoms with E-state index < -0.39 is 4.92 Å². The highest BCUT2D eigenvalue weighted by Crippen LogP contribution is 2.33. The Balaban J connectivity index is 2.34. The third kappa shape index (κ3) is 4.47. The van der Waals surface area contributed by atoms with Gasteiger partial charge in [0.25, 0.3) is 5.69 Å². The molecule has 6 nitrogen and oxygen atoms in total. The molecule has 0 aliphatic heterocycles. The molecule has 0 atom stereocenters. The third-order valence-electron chi connectivity index (χ3n) is 3.69. The molecule has 0 radical (unpaired) electrons. The molecular formula is C20H21NO5. The molecule has 0 spiro atoms. The molecule has 2 rings (SSSR count). The van der Waals surface area contributed by atoms with Gasteiger partial charge in [-0.15, -0.1) is 0 Å². The predicted octanol–water partition coefficient (Wildman–Crippen LogP) is 4.60. The van der Waals surface area contributed by atoms with E-state index in [0.29, 0.717) is 22.6 Å². The maximum Gasteiger partial charge on any atom is 0.273 e. The zero-order valence-electron chi connectivity index (χ0n) is 15.2. The van der Waals surface area contributed by atoms with Crippen LogP contribution < -0.4 is 9.47 Å². The third-order valence-corrected chi connectivity index (χ3v) is 3.69. The summed E-state index contributed by atoms with van der Waals surface area (Å²) in [4.78, 5) is 23.0. The first-order valence-electron chi connectivity index (χ1n) is 8.14. The van der Waals surface area contributed by atoms with Crippen LogP contribution >= 0.6 is 0 Å². The lowest BCUT2D eigenvalue weighted by Gasteiger charge is -2.15. The van der Waals surface area contributed by atoms with Gasteiger partial charge in [0.1, 0.15) is 0 Å². The van der Waals surface area contributed by atoms with Gasteiger partial charge in [-0.2, -0.15) is 0 Å². The van der Waals surface area contributed by atoms with Crippen LogP contribution in [0.1, 0.15) is 35.3 Å². The average molecular weight is 355 g/mol. The zero-order valence-corrected chi connectivity index (χ0v) is 15.2. The van der Waals surface area contributed by atoms with Crippen LogP contribution in [-0.2, 0) is 0 Å². The molecule has 0 aliphatic rings.